The van der Waals surface area contributed by atoms with Gasteiger partial charge in [0.05, 0.1) is 0 Å². The molecule has 153 valence electrons. The van der Waals surface area contributed by atoms with Crippen molar-refractivity contribution in [3.05, 3.63) is 0 Å². The van der Waals surface area contributed by atoms with Crippen LogP contribution in [0.15, 0.2) is 0 Å². The number of hydrogen-bond donors (Lipinski definition) is 0. The van der Waals surface area contributed by atoms with Crippen LogP contribution in [0, 0.1) is 10.8 Å². The molecule has 5 heteroatoms. The van der Waals surface area contributed by atoms with E-state index in [0.29, 0.717) is 10.8 Å². The Morgan fingerprint density at radius 2 is 0.885 bits per heavy atom. The van der Waals surface area contributed by atoms with E-state index in [2.05, 4.69) is 46.5 Å². The second-order valence-corrected chi connectivity index (χ2v) is 8.99. The molecule has 0 aliphatic carbocycles. The molecule has 0 unspecified atom stereocenters. The van der Waals surface area contributed by atoms with Crippen LogP contribution < -0.4 is 10.2 Å². The summed E-state index contributed by atoms with van der Waals surface area (Å²) in [5, 5.41) is 20.1. The van der Waals surface area contributed by atoms with Gasteiger partial charge in [0.2, 0.25) is 0 Å². The van der Waals surface area contributed by atoms with Crippen molar-refractivity contribution < 1.29 is 19.8 Å². The Labute approximate surface area is 175 Å². The molecule has 0 amide bonds. The van der Waals surface area contributed by atoms with E-state index in [1.54, 1.807) is 22.5 Å². The Kier molecular flexibility index (Phi) is 21.2. The van der Waals surface area contributed by atoms with Crippen molar-refractivity contribution in [2.45, 2.75) is 111 Å². The van der Waals surface area contributed by atoms with Crippen molar-refractivity contribution in [2.24, 2.45) is 10.8 Å². The molecule has 26 heavy (non-hydrogen) atoms. The number of hydrogen-bond acceptors (Lipinski definition) is 4. The first-order valence-corrected chi connectivity index (χ1v) is 12.6. The number of carbonyl (C=O) groups excluding carboxylic acids is 2. The van der Waals surface area contributed by atoms with Crippen LogP contribution in [0.3, 0.4) is 0 Å². The third kappa shape index (κ3) is 39.0. The van der Waals surface area contributed by atoms with E-state index in [-0.39, 0.29) is 12.8 Å². The van der Waals surface area contributed by atoms with E-state index >= 15 is 0 Å². The quantitative estimate of drug-likeness (QED) is 0.356. The first-order chi connectivity index (χ1) is 11.8. The van der Waals surface area contributed by atoms with Crippen molar-refractivity contribution in [2.75, 3.05) is 0 Å². The van der Waals surface area contributed by atoms with Crippen molar-refractivity contribution in [1.29, 1.82) is 0 Å². The first-order valence-electron chi connectivity index (χ1n) is 9.73. The molecule has 0 saturated heterocycles. The van der Waals surface area contributed by atoms with Gasteiger partial charge in [-0.3, -0.25) is 0 Å². The molecule has 1 radical (unpaired) electrons. The molecule has 0 spiro atoms. The zero-order valence-corrected chi connectivity index (χ0v) is 21.1. The Morgan fingerprint density at radius 3 is 1.08 bits per heavy atom. The summed E-state index contributed by atoms with van der Waals surface area (Å²) in [6.07, 6.45) is 8.54. The Bertz CT molecular complexity index is 307. The number of carbonyl (C=O) groups is 2. The Hall–Kier alpha value is -0.261. The summed E-state index contributed by atoms with van der Waals surface area (Å²) in [4.78, 5) is 22.2. The van der Waals surface area contributed by atoms with Crippen LogP contribution in [0.2, 0.25) is 4.94 Å². The molecule has 0 saturated carbocycles. The predicted octanol–water partition coefficient (Wildman–Crippen LogP) is 3.67. The normalized spacial score (nSPS) is 10.8. The minimum atomic E-state index is -0.925. The second kappa shape index (κ2) is 18.1. The van der Waals surface area contributed by atoms with E-state index in [1.807, 2.05) is 0 Å². The zero-order valence-electron chi connectivity index (χ0n) is 18.2. The number of rotatable bonds is 10. The topological polar surface area (TPSA) is 80.3 Å². The molecule has 0 fully saturated rings. The molecule has 0 aliphatic rings. The number of carboxylic acids is 2. The second-order valence-electron chi connectivity index (χ2n) is 8.99. The summed E-state index contributed by atoms with van der Waals surface area (Å²) in [6, 6.07) is 0. The van der Waals surface area contributed by atoms with Crippen LogP contribution in [-0.4, -0.2) is 34.5 Å². The monoisotopic (exact) mass is 477 g/mol. The molecule has 0 N–H and O–H groups in total. The zero-order chi connectivity index (χ0) is 21.2. The van der Waals surface area contributed by atoms with Gasteiger partial charge in [-0.25, -0.2) is 0 Å². The number of aliphatic carboxylic acids is 2. The molecule has 4 nitrogen and oxygen atoms in total. The van der Waals surface area contributed by atoms with Crippen molar-refractivity contribution in [3.8, 4) is 0 Å². The summed E-state index contributed by atoms with van der Waals surface area (Å²) < 4.78 is 0. The average Bonchev–Trinajstić information content (AvgIpc) is 2.46. The van der Waals surface area contributed by atoms with E-state index in [4.69, 9.17) is 0 Å². The molecule has 0 bridgehead atoms. The first kappa shape index (κ1) is 30.5. The van der Waals surface area contributed by atoms with Gasteiger partial charge in [-0.2, -0.15) is 0 Å². The van der Waals surface area contributed by atoms with Crippen LogP contribution in [0.1, 0.15) is 106 Å². The Morgan fingerprint density at radius 1 is 0.615 bits per heavy atom. The van der Waals surface area contributed by atoms with Gasteiger partial charge in [0.25, 0.3) is 0 Å². The molecule has 0 aromatic carbocycles. The fourth-order valence-corrected chi connectivity index (χ4v) is 2.20. The fourth-order valence-electron chi connectivity index (χ4n) is 2.20. The maximum absolute atomic E-state index is 10.0. The Balaban J connectivity index is -0.000000371. The van der Waals surface area contributed by atoms with Crippen LogP contribution in [0.5, 0.6) is 0 Å². The van der Waals surface area contributed by atoms with Gasteiger partial charge >= 0.3 is 27.5 Å². The third-order valence-corrected chi connectivity index (χ3v) is 3.62. The van der Waals surface area contributed by atoms with Crippen LogP contribution in [0.25, 0.3) is 0 Å². The fraction of sp³-hybridized carbons (Fsp3) is 0.905. The van der Waals surface area contributed by atoms with Crippen molar-refractivity contribution in [3.63, 3.8) is 0 Å². The van der Waals surface area contributed by atoms with Crippen LogP contribution in [0.4, 0.5) is 0 Å². The van der Waals surface area contributed by atoms with Crippen molar-refractivity contribution >= 4 is 34.5 Å². The van der Waals surface area contributed by atoms with Gasteiger partial charge in [0.15, 0.2) is 0 Å². The van der Waals surface area contributed by atoms with Gasteiger partial charge in [-0.1, -0.05) is 67.2 Å². The maximum atomic E-state index is 10.0. The summed E-state index contributed by atoms with van der Waals surface area (Å²) in [5.74, 6) is -1.85. The van der Waals surface area contributed by atoms with Gasteiger partial charge < -0.3 is 19.8 Å². The average molecular weight is 476 g/mol. The van der Waals surface area contributed by atoms with Gasteiger partial charge in [0.1, 0.15) is 0 Å². The SMILES string of the molecule is CC(C)(C)CCCCCC(=O)[O-].CC(C)(C)CCCCCC(=O)[O-].[CH3][Sn+2]. The molecule has 0 heterocycles. The molecular formula is C21H41O4Sn. The van der Waals surface area contributed by atoms with Gasteiger partial charge in [-0.05, 0) is 49.4 Å². The minimum absolute atomic E-state index is 0.212. The van der Waals surface area contributed by atoms with Gasteiger partial charge in [0, 0.05) is 11.9 Å². The number of carboxylic acid groups (broad SMARTS) is 2. The van der Waals surface area contributed by atoms with Crippen LogP contribution >= 0.6 is 0 Å². The third-order valence-electron chi connectivity index (χ3n) is 3.62. The summed E-state index contributed by atoms with van der Waals surface area (Å²) in [5.41, 5.74) is 0.753. The molecule has 0 rings (SSSR count). The standard InChI is InChI=1S/2C10H20O2.CH3.Sn/c2*1-10(2,3)8-6-4-5-7-9(11)12;;/h2*4-8H2,1-3H3,(H,11,12);1H3;/q;;;+2/p-2. The van der Waals surface area contributed by atoms with E-state index in [9.17, 15) is 19.8 Å². The molecular weight excluding hydrogens is 435 g/mol. The van der Waals surface area contributed by atoms with Crippen LogP contribution in [-0.2, 0) is 9.59 Å². The number of unbranched alkanes of at least 4 members (excludes halogenated alkanes) is 4. The molecule has 0 aromatic heterocycles. The van der Waals surface area contributed by atoms with E-state index < -0.39 is 11.9 Å². The summed E-state index contributed by atoms with van der Waals surface area (Å²) in [6.45, 7) is 13.2. The van der Waals surface area contributed by atoms with Crippen molar-refractivity contribution in [1.82, 2.24) is 0 Å². The summed E-state index contributed by atoms with van der Waals surface area (Å²) >= 11 is 1.55. The molecule has 0 aromatic rings. The van der Waals surface area contributed by atoms with E-state index in [0.717, 1.165) is 38.5 Å². The summed E-state index contributed by atoms with van der Waals surface area (Å²) in [7, 11) is 0. The van der Waals surface area contributed by atoms with Gasteiger partial charge in [-0.15, -0.1) is 0 Å². The molecule has 0 atom stereocenters. The van der Waals surface area contributed by atoms with E-state index in [1.165, 1.54) is 12.8 Å². The molecule has 0 aliphatic heterocycles. The predicted molar refractivity (Wildman–Crippen MR) is 107 cm³/mol.